The van der Waals surface area contributed by atoms with Crippen LogP contribution in [0.4, 0.5) is 4.79 Å². The molecule has 1 fully saturated rings. The lowest BCUT2D eigenvalue weighted by molar-refractivity contribution is 0.0511. The van der Waals surface area contributed by atoms with E-state index in [1.807, 2.05) is 34.7 Å². The van der Waals surface area contributed by atoms with Gasteiger partial charge in [-0.15, -0.1) is 10.2 Å². The molecule has 1 atom stereocenters. The number of alkyl carbamates (subject to hydrolysis) is 1. The Morgan fingerprint density at radius 1 is 1.43 bits per heavy atom. The van der Waals surface area contributed by atoms with Crippen LogP contribution >= 0.6 is 0 Å². The van der Waals surface area contributed by atoms with E-state index in [1.54, 1.807) is 0 Å². The Bertz CT molecular complexity index is 520. The Labute approximate surface area is 137 Å². The molecule has 1 amide bonds. The molecule has 130 valence electrons. The van der Waals surface area contributed by atoms with Crippen molar-refractivity contribution in [1.82, 2.24) is 20.4 Å². The third-order valence-electron chi connectivity index (χ3n) is 4.01. The van der Waals surface area contributed by atoms with E-state index in [1.165, 1.54) is 6.42 Å². The van der Waals surface area contributed by atoms with Crippen molar-refractivity contribution in [1.29, 1.82) is 0 Å². The molecule has 1 aromatic rings. The summed E-state index contributed by atoms with van der Waals surface area (Å²) in [6.07, 6.45) is 3.14. The fourth-order valence-corrected chi connectivity index (χ4v) is 2.22. The molecule has 7 heteroatoms. The molecule has 2 rings (SSSR count). The van der Waals surface area contributed by atoms with E-state index in [4.69, 9.17) is 9.15 Å². The number of hydrogen-bond donors (Lipinski definition) is 1. The summed E-state index contributed by atoms with van der Waals surface area (Å²) in [6, 6.07) is 0.126. The smallest absolute Gasteiger partial charge is 0.407 e. The fraction of sp³-hybridized carbons (Fsp3) is 0.812. The summed E-state index contributed by atoms with van der Waals surface area (Å²) in [5.41, 5.74) is -0.485. The highest BCUT2D eigenvalue weighted by molar-refractivity contribution is 5.67. The van der Waals surface area contributed by atoms with Gasteiger partial charge in [-0.05, 0) is 47.6 Å². The van der Waals surface area contributed by atoms with Crippen LogP contribution in [-0.2, 0) is 11.3 Å². The minimum atomic E-state index is -0.485. The van der Waals surface area contributed by atoms with E-state index in [9.17, 15) is 4.79 Å². The average Bonchev–Trinajstić information content (AvgIpc) is 2.79. The maximum Gasteiger partial charge on any atom is 0.407 e. The molecule has 0 bridgehead atoms. The molecule has 1 saturated carbocycles. The third-order valence-corrected chi connectivity index (χ3v) is 4.01. The molecule has 7 nitrogen and oxygen atoms in total. The molecule has 1 aromatic heterocycles. The Hall–Kier alpha value is -1.63. The number of rotatable bonds is 6. The topological polar surface area (TPSA) is 80.5 Å². The normalized spacial score (nSPS) is 17.0. The van der Waals surface area contributed by atoms with Gasteiger partial charge in [0.2, 0.25) is 11.8 Å². The van der Waals surface area contributed by atoms with Crippen LogP contribution in [0.2, 0.25) is 0 Å². The number of nitrogens with zero attached hydrogens (tertiary/aromatic N) is 3. The van der Waals surface area contributed by atoms with Crippen molar-refractivity contribution in [3.8, 4) is 0 Å². The first kappa shape index (κ1) is 17.7. The van der Waals surface area contributed by atoms with Gasteiger partial charge in [-0.25, -0.2) is 4.79 Å². The average molecular weight is 324 g/mol. The van der Waals surface area contributed by atoms with Crippen molar-refractivity contribution in [3.05, 3.63) is 11.8 Å². The van der Waals surface area contributed by atoms with Crippen LogP contribution in [0.1, 0.15) is 64.7 Å². The first-order valence-corrected chi connectivity index (χ1v) is 8.24. The summed E-state index contributed by atoms with van der Waals surface area (Å²) in [4.78, 5) is 13.7. The van der Waals surface area contributed by atoms with E-state index >= 15 is 0 Å². The Morgan fingerprint density at radius 3 is 2.70 bits per heavy atom. The molecular formula is C16H28N4O3. The molecule has 1 N–H and O–H groups in total. The maximum atomic E-state index is 11.7. The second-order valence-corrected chi connectivity index (χ2v) is 7.31. The van der Waals surface area contributed by atoms with Crippen molar-refractivity contribution >= 4 is 6.09 Å². The number of carbonyl (C=O) groups is 1. The first-order valence-electron chi connectivity index (χ1n) is 8.24. The van der Waals surface area contributed by atoms with Crippen molar-refractivity contribution in [3.63, 3.8) is 0 Å². The lowest BCUT2D eigenvalue weighted by atomic mass is 9.85. The quantitative estimate of drug-likeness (QED) is 0.866. The number of likely N-dealkylation sites (N-methyl/N-ethyl adjacent to an activating group) is 1. The van der Waals surface area contributed by atoms with Crippen molar-refractivity contribution in [2.45, 2.75) is 71.1 Å². The fourth-order valence-electron chi connectivity index (χ4n) is 2.22. The molecule has 0 unspecified atom stereocenters. The van der Waals surface area contributed by atoms with Gasteiger partial charge in [0.25, 0.3) is 0 Å². The van der Waals surface area contributed by atoms with Crippen LogP contribution in [0.3, 0.4) is 0 Å². The molecule has 1 aliphatic carbocycles. The molecule has 0 saturated heterocycles. The molecule has 0 aromatic carbocycles. The monoisotopic (exact) mass is 324 g/mol. The third kappa shape index (κ3) is 5.49. The summed E-state index contributed by atoms with van der Waals surface area (Å²) in [7, 11) is 1.97. The molecule has 0 spiro atoms. The highest BCUT2D eigenvalue weighted by Gasteiger charge is 2.25. The van der Waals surface area contributed by atoms with Crippen LogP contribution in [0.25, 0.3) is 0 Å². The van der Waals surface area contributed by atoms with Crippen LogP contribution in [0, 0.1) is 0 Å². The first-order chi connectivity index (χ1) is 10.7. The lowest BCUT2D eigenvalue weighted by Gasteiger charge is -2.25. The zero-order valence-corrected chi connectivity index (χ0v) is 14.8. The number of amides is 1. The number of aromatic nitrogens is 2. The predicted octanol–water partition coefficient (Wildman–Crippen LogP) is 2.68. The summed E-state index contributed by atoms with van der Waals surface area (Å²) in [5, 5.41) is 11.0. The van der Waals surface area contributed by atoms with Gasteiger partial charge in [0.15, 0.2) is 0 Å². The molecule has 0 aliphatic heterocycles. The number of ether oxygens (including phenoxy) is 1. The summed E-state index contributed by atoms with van der Waals surface area (Å²) >= 11 is 0. The maximum absolute atomic E-state index is 11.7. The van der Waals surface area contributed by atoms with Crippen LogP contribution in [-0.4, -0.2) is 46.4 Å². The zero-order chi connectivity index (χ0) is 17.0. The van der Waals surface area contributed by atoms with Gasteiger partial charge in [-0.2, -0.15) is 0 Å². The second-order valence-electron chi connectivity index (χ2n) is 7.31. The van der Waals surface area contributed by atoms with E-state index in [2.05, 4.69) is 20.4 Å². The molecule has 23 heavy (non-hydrogen) atoms. The Kier molecular flexibility index (Phi) is 5.62. The van der Waals surface area contributed by atoms with E-state index in [-0.39, 0.29) is 6.04 Å². The van der Waals surface area contributed by atoms with E-state index in [0.717, 1.165) is 18.7 Å². The van der Waals surface area contributed by atoms with Crippen molar-refractivity contribution < 1.29 is 13.9 Å². The molecule has 1 heterocycles. The SMILES string of the molecule is C[C@@H](CNC(=O)OC(C)(C)C)N(C)Cc1nnc(C2CCC2)o1. The van der Waals surface area contributed by atoms with Crippen LogP contribution in [0.15, 0.2) is 4.42 Å². The molecule has 0 radical (unpaired) electrons. The Morgan fingerprint density at radius 2 is 2.13 bits per heavy atom. The lowest BCUT2D eigenvalue weighted by Crippen LogP contribution is -2.41. The van der Waals surface area contributed by atoms with Gasteiger partial charge in [-0.1, -0.05) is 6.42 Å². The summed E-state index contributed by atoms with van der Waals surface area (Å²) in [5.74, 6) is 1.84. The largest absolute Gasteiger partial charge is 0.444 e. The van der Waals surface area contributed by atoms with Gasteiger partial charge in [0.1, 0.15) is 5.60 Å². The van der Waals surface area contributed by atoms with Gasteiger partial charge < -0.3 is 14.5 Å². The van der Waals surface area contributed by atoms with Gasteiger partial charge in [0.05, 0.1) is 6.54 Å². The highest BCUT2D eigenvalue weighted by Crippen LogP contribution is 2.35. The molecular weight excluding hydrogens is 296 g/mol. The summed E-state index contributed by atoms with van der Waals surface area (Å²) < 4.78 is 10.9. The zero-order valence-electron chi connectivity index (χ0n) is 14.8. The minimum absolute atomic E-state index is 0.126. The standard InChI is InChI=1S/C16H28N4O3/c1-11(9-17-15(21)23-16(2,3)4)20(5)10-13-18-19-14(22-13)12-7-6-8-12/h11-12H,6-10H2,1-5H3,(H,17,21)/t11-/m0/s1. The number of nitrogens with one attached hydrogen (secondary N) is 1. The van der Waals surface area contributed by atoms with Gasteiger partial charge in [-0.3, -0.25) is 4.90 Å². The van der Waals surface area contributed by atoms with Crippen molar-refractivity contribution in [2.75, 3.05) is 13.6 Å². The predicted molar refractivity (Wildman–Crippen MR) is 86.1 cm³/mol. The van der Waals surface area contributed by atoms with Crippen LogP contribution in [0.5, 0.6) is 0 Å². The number of carbonyl (C=O) groups excluding carboxylic acids is 1. The number of hydrogen-bond acceptors (Lipinski definition) is 6. The van der Waals surface area contributed by atoms with Crippen LogP contribution < -0.4 is 5.32 Å². The van der Waals surface area contributed by atoms with Crippen molar-refractivity contribution in [2.24, 2.45) is 0 Å². The Balaban J connectivity index is 1.74. The van der Waals surface area contributed by atoms with E-state index in [0.29, 0.717) is 24.9 Å². The second kappa shape index (κ2) is 7.29. The molecule has 1 aliphatic rings. The summed E-state index contributed by atoms with van der Waals surface area (Å²) in [6.45, 7) is 8.62. The van der Waals surface area contributed by atoms with Gasteiger partial charge >= 0.3 is 6.09 Å². The van der Waals surface area contributed by atoms with Gasteiger partial charge in [0, 0.05) is 18.5 Å². The van der Waals surface area contributed by atoms with E-state index < -0.39 is 11.7 Å². The highest BCUT2D eigenvalue weighted by atomic mass is 16.6. The minimum Gasteiger partial charge on any atom is -0.444 e.